The number of ether oxygens (including phenoxy) is 2. The molecule has 1 amide bonds. The summed E-state index contributed by atoms with van der Waals surface area (Å²) in [5, 5.41) is 3.23. The van der Waals surface area contributed by atoms with E-state index in [0.717, 1.165) is 24.2 Å². The van der Waals surface area contributed by atoms with Gasteiger partial charge < -0.3 is 25.4 Å². The van der Waals surface area contributed by atoms with E-state index in [2.05, 4.69) is 10.3 Å². The molecule has 1 aromatic carbocycles. The third-order valence-corrected chi connectivity index (χ3v) is 4.22. The third-order valence-electron chi connectivity index (χ3n) is 4.22. The molecule has 0 aromatic heterocycles. The fourth-order valence-corrected chi connectivity index (χ4v) is 2.86. The summed E-state index contributed by atoms with van der Waals surface area (Å²) in [6, 6.07) is 8.16. The molecule has 1 unspecified atom stereocenters. The minimum Gasteiger partial charge on any atom is -0.489 e. The minimum absolute atomic E-state index is 0. The molecule has 1 aliphatic rings. The number of guanidine groups is 1. The van der Waals surface area contributed by atoms with Crippen LogP contribution in [0, 0.1) is 6.92 Å². The van der Waals surface area contributed by atoms with E-state index < -0.39 is 0 Å². The molecule has 1 aromatic rings. The number of rotatable bonds is 6. The van der Waals surface area contributed by atoms with E-state index in [4.69, 9.17) is 15.2 Å². The lowest BCUT2D eigenvalue weighted by Gasteiger charge is -2.31. The number of halogens is 1. The highest BCUT2D eigenvalue weighted by Gasteiger charge is 2.23. The number of nitrogens with two attached hydrogens (primary N) is 1. The molecule has 152 valence electrons. The van der Waals surface area contributed by atoms with E-state index in [1.807, 2.05) is 45.0 Å². The zero-order valence-corrected chi connectivity index (χ0v) is 18.6. The van der Waals surface area contributed by atoms with Crippen LogP contribution in [0.15, 0.2) is 29.3 Å². The molecule has 1 heterocycles. The lowest BCUT2D eigenvalue weighted by Crippen LogP contribution is -2.48. The first kappa shape index (κ1) is 23.3. The summed E-state index contributed by atoms with van der Waals surface area (Å²) < 4.78 is 10.9. The second kappa shape index (κ2) is 11.9. The average Bonchev–Trinajstić information content (AvgIpc) is 2.61. The highest BCUT2D eigenvalue weighted by atomic mass is 127. The zero-order valence-electron chi connectivity index (χ0n) is 16.3. The fourth-order valence-electron chi connectivity index (χ4n) is 2.86. The van der Waals surface area contributed by atoms with Crippen molar-refractivity contribution < 1.29 is 14.3 Å². The summed E-state index contributed by atoms with van der Waals surface area (Å²) in [6.45, 7) is 8.02. The van der Waals surface area contributed by atoms with Gasteiger partial charge in [0.2, 0.25) is 0 Å². The fraction of sp³-hybridized carbons (Fsp3) is 0.579. The number of likely N-dealkylation sites (tertiary alicyclic amines) is 1. The van der Waals surface area contributed by atoms with Crippen molar-refractivity contribution >= 4 is 36.0 Å². The number of carbonyl (C=O) groups is 1. The first-order valence-corrected chi connectivity index (χ1v) is 9.19. The molecule has 1 fully saturated rings. The predicted molar refractivity (Wildman–Crippen MR) is 118 cm³/mol. The summed E-state index contributed by atoms with van der Waals surface area (Å²) in [7, 11) is 0. The molecule has 8 heteroatoms. The van der Waals surface area contributed by atoms with Crippen LogP contribution in [0.1, 0.15) is 32.3 Å². The predicted octanol–water partition coefficient (Wildman–Crippen LogP) is 2.91. The Bertz CT molecular complexity index is 619. The van der Waals surface area contributed by atoms with Gasteiger partial charge in [0.05, 0.1) is 13.2 Å². The molecule has 0 radical (unpaired) electrons. The van der Waals surface area contributed by atoms with Gasteiger partial charge in [0.25, 0.3) is 0 Å². The Morgan fingerprint density at radius 3 is 2.74 bits per heavy atom. The van der Waals surface area contributed by atoms with Crippen molar-refractivity contribution in [3.63, 3.8) is 0 Å². The van der Waals surface area contributed by atoms with Gasteiger partial charge in [0, 0.05) is 19.1 Å². The van der Waals surface area contributed by atoms with Crippen LogP contribution in [0.5, 0.6) is 5.75 Å². The molecule has 0 aliphatic carbocycles. The second-order valence-corrected chi connectivity index (χ2v) is 6.58. The highest BCUT2D eigenvalue weighted by molar-refractivity contribution is 14.0. The maximum atomic E-state index is 11.7. The van der Waals surface area contributed by atoms with E-state index in [1.165, 1.54) is 0 Å². The Balaban J connectivity index is 0.00000364. The van der Waals surface area contributed by atoms with Crippen molar-refractivity contribution in [3.05, 3.63) is 29.8 Å². The average molecular weight is 490 g/mol. The minimum atomic E-state index is -0.241. The monoisotopic (exact) mass is 490 g/mol. The van der Waals surface area contributed by atoms with Gasteiger partial charge in [-0.25, -0.2) is 9.79 Å². The van der Waals surface area contributed by atoms with Gasteiger partial charge >= 0.3 is 6.09 Å². The topological polar surface area (TPSA) is 89.2 Å². The van der Waals surface area contributed by atoms with E-state index in [0.29, 0.717) is 32.2 Å². The molecular weight excluding hydrogens is 459 g/mol. The van der Waals surface area contributed by atoms with E-state index >= 15 is 0 Å². The molecule has 27 heavy (non-hydrogen) atoms. The number of aliphatic imine (C=N–C) groups is 1. The van der Waals surface area contributed by atoms with Gasteiger partial charge in [-0.05, 0) is 51.3 Å². The highest BCUT2D eigenvalue weighted by Crippen LogP contribution is 2.14. The van der Waals surface area contributed by atoms with Gasteiger partial charge in [-0.3, -0.25) is 0 Å². The molecule has 1 atom stereocenters. The maximum absolute atomic E-state index is 11.7. The summed E-state index contributed by atoms with van der Waals surface area (Å²) in [6.07, 6.45) is 1.34. The quantitative estimate of drug-likeness (QED) is 0.364. The van der Waals surface area contributed by atoms with Crippen LogP contribution < -0.4 is 15.8 Å². The van der Waals surface area contributed by atoms with Gasteiger partial charge in [-0.1, -0.05) is 12.1 Å². The van der Waals surface area contributed by atoms with Gasteiger partial charge in [0.1, 0.15) is 11.9 Å². The molecule has 1 saturated heterocycles. The van der Waals surface area contributed by atoms with Crippen LogP contribution >= 0.6 is 24.0 Å². The van der Waals surface area contributed by atoms with Crippen molar-refractivity contribution in [2.75, 3.05) is 26.2 Å². The number of nitrogens with one attached hydrogen (secondary N) is 1. The van der Waals surface area contributed by atoms with E-state index in [1.54, 1.807) is 4.90 Å². The summed E-state index contributed by atoms with van der Waals surface area (Å²) in [5.74, 6) is 1.25. The number of amides is 1. The molecule has 3 N–H and O–H groups in total. The number of piperidine rings is 1. The maximum Gasteiger partial charge on any atom is 0.409 e. The largest absolute Gasteiger partial charge is 0.489 e. The molecule has 7 nitrogen and oxygen atoms in total. The standard InChI is InChI=1S/C19H30N4O3.HI/c1-4-25-19(24)23-10-8-16(9-11-23)22-18(20)21-13-15(3)26-17-7-5-6-14(2)12-17;/h5-7,12,15-16H,4,8-11,13H2,1-3H3,(H3,20,21,22);1H. The van der Waals surface area contributed by atoms with Crippen molar-refractivity contribution in [2.45, 2.75) is 45.8 Å². The molecule has 1 aliphatic heterocycles. The van der Waals surface area contributed by atoms with Crippen molar-refractivity contribution in [2.24, 2.45) is 10.7 Å². The van der Waals surface area contributed by atoms with Crippen LogP contribution in [0.3, 0.4) is 0 Å². The first-order chi connectivity index (χ1) is 12.5. The van der Waals surface area contributed by atoms with Crippen LogP contribution in [-0.4, -0.2) is 55.3 Å². The van der Waals surface area contributed by atoms with Crippen molar-refractivity contribution in [1.82, 2.24) is 10.2 Å². The second-order valence-electron chi connectivity index (χ2n) is 6.58. The Labute approximate surface area is 178 Å². The first-order valence-electron chi connectivity index (χ1n) is 9.19. The van der Waals surface area contributed by atoms with E-state index in [-0.39, 0.29) is 42.2 Å². The third kappa shape index (κ3) is 8.23. The van der Waals surface area contributed by atoms with Crippen LogP contribution in [0.2, 0.25) is 0 Å². The van der Waals surface area contributed by atoms with E-state index in [9.17, 15) is 4.79 Å². The lowest BCUT2D eigenvalue weighted by atomic mass is 10.1. The molecule has 2 rings (SSSR count). The van der Waals surface area contributed by atoms with Gasteiger partial charge in [-0.15, -0.1) is 24.0 Å². The smallest absolute Gasteiger partial charge is 0.409 e. The molecule has 0 saturated carbocycles. The normalized spacial score (nSPS) is 16.3. The number of nitrogens with zero attached hydrogens (tertiary/aromatic N) is 2. The summed E-state index contributed by atoms with van der Waals surface area (Å²) >= 11 is 0. The van der Waals surface area contributed by atoms with Crippen LogP contribution in [-0.2, 0) is 4.74 Å². The Kier molecular flexibility index (Phi) is 10.3. The van der Waals surface area contributed by atoms with Crippen LogP contribution in [0.25, 0.3) is 0 Å². The number of aryl methyl sites for hydroxylation is 1. The van der Waals surface area contributed by atoms with Crippen LogP contribution in [0.4, 0.5) is 4.79 Å². The Morgan fingerprint density at radius 1 is 1.41 bits per heavy atom. The number of carbonyl (C=O) groups excluding carboxylic acids is 1. The van der Waals surface area contributed by atoms with Gasteiger partial charge in [0.15, 0.2) is 5.96 Å². The van der Waals surface area contributed by atoms with Gasteiger partial charge in [-0.2, -0.15) is 0 Å². The van der Waals surface area contributed by atoms with Crippen molar-refractivity contribution in [3.8, 4) is 5.75 Å². The summed E-state index contributed by atoms with van der Waals surface area (Å²) in [5.41, 5.74) is 7.15. The zero-order chi connectivity index (χ0) is 18.9. The Morgan fingerprint density at radius 2 is 2.11 bits per heavy atom. The number of hydrogen-bond donors (Lipinski definition) is 2. The number of hydrogen-bond acceptors (Lipinski definition) is 4. The number of benzene rings is 1. The molecule has 0 spiro atoms. The Hall–Kier alpha value is -1.71. The molecule has 0 bridgehead atoms. The summed E-state index contributed by atoms with van der Waals surface area (Å²) in [4.78, 5) is 17.8. The van der Waals surface area contributed by atoms with Crippen molar-refractivity contribution in [1.29, 1.82) is 0 Å². The SMILES string of the molecule is CCOC(=O)N1CCC(NC(N)=NCC(C)Oc2cccc(C)c2)CC1.I. The lowest BCUT2D eigenvalue weighted by molar-refractivity contribution is 0.0963. The molecular formula is C19H31IN4O3.